The van der Waals surface area contributed by atoms with Gasteiger partial charge in [0, 0.05) is 19.0 Å². The average molecular weight is 374 g/mol. The molecule has 0 saturated carbocycles. The number of carbonyl (C=O) groups excluding carboxylic acids is 2. The second-order valence-corrected chi connectivity index (χ2v) is 6.24. The quantitative estimate of drug-likeness (QED) is 0.740. The number of nitrogens with zero attached hydrogens (tertiary/aromatic N) is 2. The minimum atomic E-state index is -0.872. The van der Waals surface area contributed by atoms with Gasteiger partial charge in [0.25, 0.3) is 0 Å². The minimum Gasteiger partial charge on any atom is -0.324 e. The Morgan fingerprint density at radius 2 is 1.89 bits per heavy atom. The van der Waals surface area contributed by atoms with E-state index in [0.29, 0.717) is 17.1 Å². The molecule has 2 amide bonds. The number of carbonyl (C=O) groups is 2. The lowest BCUT2D eigenvalue weighted by molar-refractivity contribution is -0.122. The summed E-state index contributed by atoms with van der Waals surface area (Å²) in [5.41, 5.74) is 0.822. The normalized spacial score (nSPS) is 16.9. The molecule has 1 aliphatic heterocycles. The third-order valence-corrected chi connectivity index (χ3v) is 4.38. The molecule has 0 aliphatic carbocycles. The van der Waals surface area contributed by atoms with E-state index in [1.165, 1.54) is 18.2 Å². The van der Waals surface area contributed by atoms with Crippen molar-refractivity contribution in [3.05, 3.63) is 53.8 Å². The SMILES string of the molecule is O=C(Nc1nc2ccc(F)cc2[nH]1)C1CC(=O)N(c2ccc(F)cc2F)C1. The minimum absolute atomic E-state index is 0.0396. The van der Waals surface area contributed by atoms with Crippen LogP contribution in [0.15, 0.2) is 36.4 Å². The number of hydrogen-bond acceptors (Lipinski definition) is 3. The first-order valence-corrected chi connectivity index (χ1v) is 8.12. The smallest absolute Gasteiger partial charge is 0.232 e. The summed E-state index contributed by atoms with van der Waals surface area (Å²) in [4.78, 5) is 32.6. The van der Waals surface area contributed by atoms with Crippen molar-refractivity contribution in [2.45, 2.75) is 6.42 Å². The van der Waals surface area contributed by atoms with Gasteiger partial charge in [0.1, 0.15) is 17.5 Å². The largest absolute Gasteiger partial charge is 0.324 e. The summed E-state index contributed by atoms with van der Waals surface area (Å²) in [7, 11) is 0. The summed E-state index contributed by atoms with van der Waals surface area (Å²) >= 11 is 0. The predicted molar refractivity (Wildman–Crippen MR) is 91.5 cm³/mol. The molecule has 2 N–H and O–H groups in total. The number of fused-ring (bicyclic) bond motifs is 1. The maximum Gasteiger partial charge on any atom is 0.232 e. The lowest BCUT2D eigenvalue weighted by atomic mass is 10.1. The molecule has 3 aromatic rings. The van der Waals surface area contributed by atoms with E-state index in [1.807, 2.05) is 0 Å². The molecular weight excluding hydrogens is 361 g/mol. The van der Waals surface area contributed by atoms with Gasteiger partial charge in [-0.05, 0) is 30.3 Å². The first-order chi connectivity index (χ1) is 12.9. The topological polar surface area (TPSA) is 78.1 Å². The van der Waals surface area contributed by atoms with Crippen molar-refractivity contribution in [3.63, 3.8) is 0 Å². The zero-order chi connectivity index (χ0) is 19.1. The number of imidazole rings is 1. The van der Waals surface area contributed by atoms with Crippen molar-refractivity contribution < 1.29 is 22.8 Å². The second-order valence-electron chi connectivity index (χ2n) is 6.24. The van der Waals surface area contributed by atoms with Crippen molar-refractivity contribution in [2.24, 2.45) is 5.92 Å². The number of benzene rings is 2. The van der Waals surface area contributed by atoms with Crippen molar-refractivity contribution in [1.82, 2.24) is 9.97 Å². The van der Waals surface area contributed by atoms with E-state index in [9.17, 15) is 22.8 Å². The number of rotatable bonds is 3. The Hall–Kier alpha value is -3.36. The van der Waals surface area contributed by atoms with E-state index >= 15 is 0 Å². The molecule has 0 radical (unpaired) electrons. The van der Waals surface area contributed by atoms with Gasteiger partial charge in [0.2, 0.25) is 17.8 Å². The molecular formula is C18H13F3N4O2. The molecule has 1 unspecified atom stereocenters. The number of aromatic nitrogens is 2. The van der Waals surface area contributed by atoms with Crippen LogP contribution in [-0.2, 0) is 9.59 Å². The van der Waals surface area contributed by atoms with Gasteiger partial charge in [0.15, 0.2) is 0 Å². The van der Waals surface area contributed by atoms with Crippen LogP contribution in [0.3, 0.4) is 0 Å². The summed E-state index contributed by atoms with van der Waals surface area (Å²) < 4.78 is 40.2. The Morgan fingerprint density at radius 3 is 2.67 bits per heavy atom. The van der Waals surface area contributed by atoms with E-state index in [4.69, 9.17) is 0 Å². The van der Waals surface area contributed by atoms with Gasteiger partial charge < -0.3 is 9.88 Å². The maximum absolute atomic E-state index is 13.9. The summed E-state index contributed by atoms with van der Waals surface area (Å²) in [6.45, 7) is -0.0396. The number of hydrogen-bond donors (Lipinski definition) is 2. The molecule has 2 heterocycles. The van der Waals surface area contributed by atoms with E-state index in [0.717, 1.165) is 17.0 Å². The number of nitrogens with one attached hydrogen (secondary N) is 2. The van der Waals surface area contributed by atoms with Crippen LogP contribution in [0.5, 0.6) is 0 Å². The van der Waals surface area contributed by atoms with Gasteiger partial charge >= 0.3 is 0 Å². The summed E-state index contributed by atoms with van der Waals surface area (Å²) in [6.07, 6.45) is -0.114. The number of anilines is 2. The molecule has 1 aliphatic rings. The van der Waals surface area contributed by atoms with Gasteiger partial charge in [-0.2, -0.15) is 0 Å². The monoisotopic (exact) mass is 374 g/mol. The van der Waals surface area contributed by atoms with Crippen LogP contribution >= 0.6 is 0 Å². The van der Waals surface area contributed by atoms with Crippen LogP contribution in [0.4, 0.5) is 24.8 Å². The van der Waals surface area contributed by atoms with Crippen LogP contribution in [0.25, 0.3) is 11.0 Å². The fourth-order valence-corrected chi connectivity index (χ4v) is 3.08. The molecule has 9 heteroatoms. The standard InChI is InChI=1S/C18H13F3N4O2/c19-10-2-4-15(12(21)6-10)25-8-9(5-16(25)26)17(27)24-18-22-13-3-1-11(20)7-14(13)23-18/h1-4,6-7,9H,5,8H2,(H2,22,23,24,27). The van der Waals surface area contributed by atoms with Crippen LogP contribution < -0.4 is 10.2 Å². The highest BCUT2D eigenvalue weighted by Crippen LogP contribution is 2.28. The van der Waals surface area contributed by atoms with Crippen LogP contribution in [-0.4, -0.2) is 28.3 Å². The summed E-state index contributed by atoms with van der Waals surface area (Å²) in [5, 5.41) is 2.55. The lowest BCUT2D eigenvalue weighted by Crippen LogP contribution is -2.29. The predicted octanol–water partition coefficient (Wildman–Crippen LogP) is 2.97. The molecule has 2 aromatic carbocycles. The lowest BCUT2D eigenvalue weighted by Gasteiger charge is -2.17. The molecule has 138 valence electrons. The Balaban J connectivity index is 1.50. The fraction of sp³-hybridized carbons (Fsp3) is 0.167. The summed E-state index contributed by atoms with van der Waals surface area (Å²) in [6, 6.07) is 6.86. The first-order valence-electron chi connectivity index (χ1n) is 8.12. The summed E-state index contributed by atoms with van der Waals surface area (Å²) in [5.74, 6) is -3.59. The average Bonchev–Trinajstić information content (AvgIpc) is 3.17. The number of aromatic amines is 1. The van der Waals surface area contributed by atoms with Crippen LogP contribution in [0.1, 0.15) is 6.42 Å². The zero-order valence-corrected chi connectivity index (χ0v) is 13.8. The van der Waals surface area contributed by atoms with E-state index in [-0.39, 0.29) is 24.6 Å². The Bertz CT molecular complexity index is 1070. The number of halogens is 3. The molecule has 6 nitrogen and oxygen atoms in total. The van der Waals surface area contributed by atoms with Gasteiger partial charge in [-0.15, -0.1) is 0 Å². The Labute approximate surface area is 151 Å². The molecule has 1 saturated heterocycles. The zero-order valence-electron chi connectivity index (χ0n) is 13.8. The molecule has 27 heavy (non-hydrogen) atoms. The van der Waals surface area contributed by atoms with Gasteiger partial charge in [-0.3, -0.25) is 14.9 Å². The van der Waals surface area contributed by atoms with Crippen molar-refractivity contribution in [2.75, 3.05) is 16.8 Å². The van der Waals surface area contributed by atoms with Crippen LogP contribution in [0.2, 0.25) is 0 Å². The number of H-pyrrole nitrogens is 1. The van der Waals surface area contributed by atoms with Gasteiger partial charge in [-0.25, -0.2) is 18.2 Å². The third-order valence-electron chi connectivity index (χ3n) is 4.38. The van der Waals surface area contributed by atoms with Gasteiger partial charge in [-0.1, -0.05) is 0 Å². The molecule has 1 aromatic heterocycles. The van der Waals surface area contributed by atoms with Crippen molar-refractivity contribution >= 4 is 34.5 Å². The van der Waals surface area contributed by atoms with E-state index in [2.05, 4.69) is 15.3 Å². The van der Waals surface area contributed by atoms with Gasteiger partial charge in [0.05, 0.1) is 22.6 Å². The highest BCUT2D eigenvalue weighted by atomic mass is 19.1. The van der Waals surface area contributed by atoms with Crippen LogP contribution in [0, 0.1) is 23.4 Å². The highest BCUT2D eigenvalue weighted by molar-refractivity contribution is 6.03. The van der Waals surface area contributed by atoms with Crippen molar-refractivity contribution in [1.29, 1.82) is 0 Å². The maximum atomic E-state index is 13.9. The van der Waals surface area contributed by atoms with Crippen molar-refractivity contribution in [3.8, 4) is 0 Å². The molecule has 0 bridgehead atoms. The third kappa shape index (κ3) is 3.23. The highest BCUT2D eigenvalue weighted by Gasteiger charge is 2.36. The molecule has 1 fully saturated rings. The molecule has 1 atom stereocenters. The first kappa shape index (κ1) is 17.1. The molecule has 4 rings (SSSR count). The van der Waals surface area contributed by atoms with E-state index < -0.39 is 35.2 Å². The Morgan fingerprint density at radius 1 is 1.15 bits per heavy atom. The Kier molecular flexibility index (Phi) is 4.06. The number of amides is 2. The van der Waals surface area contributed by atoms with E-state index in [1.54, 1.807) is 0 Å². The second kappa shape index (κ2) is 6.42. The molecule has 0 spiro atoms. The fourth-order valence-electron chi connectivity index (χ4n) is 3.08.